The molecular weight excluding hydrogens is 771 g/mol. The van der Waals surface area contributed by atoms with Gasteiger partial charge in [0.1, 0.15) is 0 Å². The molecule has 0 bridgehead atoms. The van der Waals surface area contributed by atoms with Crippen LogP contribution in [0.25, 0.3) is 44.5 Å². The summed E-state index contributed by atoms with van der Waals surface area (Å²) in [7, 11) is 0. The van der Waals surface area contributed by atoms with Crippen LogP contribution in [0.4, 0.5) is 17.1 Å². The van der Waals surface area contributed by atoms with Crippen LogP contribution < -0.4 is 4.90 Å². The Balaban J connectivity index is 1.06. The topological polar surface area (TPSA) is 3.24 Å². The van der Waals surface area contributed by atoms with Gasteiger partial charge in [0.25, 0.3) is 0 Å². The molecule has 1 heteroatoms. The number of fused-ring (bicyclic) bond motifs is 6. The van der Waals surface area contributed by atoms with Crippen molar-refractivity contribution < 1.29 is 0 Å². The zero-order valence-corrected chi connectivity index (χ0v) is 35.7. The third kappa shape index (κ3) is 5.78. The second kappa shape index (κ2) is 15.1. The molecule has 1 nitrogen and oxygen atoms in total. The Kier molecular flexibility index (Phi) is 8.91. The Morgan fingerprint density at radius 1 is 0.266 bits per heavy atom. The van der Waals surface area contributed by atoms with E-state index in [2.05, 4.69) is 267 Å². The number of rotatable bonds is 8. The van der Waals surface area contributed by atoms with E-state index in [1.807, 2.05) is 0 Å². The largest absolute Gasteiger partial charge is 0.310 e. The molecular formula is C63H45N. The summed E-state index contributed by atoms with van der Waals surface area (Å²) in [5.74, 6) is 0. The summed E-state index contributed by atoms with van der Waals surface area (Å²) in [6.45, 7) is 2.40. The van der Waals surface area contributed by atoms with Crippen LogP contribution in [0.1, 0.15) is 45.9 Å². The van der Waals surface area contributed by atoms with Gasteiger partial charge in [0.05, 0.1) is 5.41 Å². The summed E-state index contributed by atoms with van der Waals surface area (Å²) in [5.41, 5.74) is 21.5. The van der Waals surface area contributed by atoms with Gasteiger partial charge in [-0.1, -0.05) is 212 Å². The maximum Gasteiger partial charge on any atom is 0.0713 e. The van der Waals surface area contributed by atoms with Gasteiger partial charge < -0.3 is 4.90 Å². The summed E-state index contributed by atoms with van der Waals surface area (Å²) in [5, 5.41) is 0. The lowest BCUT2D eigenvalue weighted by molar-refractivity contribution is 0.714. The molecule has 1 atom stereocenters. The van der Waals surface area contributed by atoms with E-state index >= 15 is 0 Å². The summed E-state index contributed by atoms with van der Waals surface area (Å²) >= 11 is 0. The number of benzene rings is 10. The number of anilines is 3. The normalized spacial score (nSPS) is 15.1. The summed E-state index contributed by atoms with van der Waals surface area (Å²) in [6.07, 6.45) is 0. The lowest BCUT2D eigenvalue weighted by atomic mass is 9.68. The van der Waals surface area contributed by atoms with Crippen molar-refractivity contribution in [3.63, 3.8) is 0 Å². The van der Waals surface area contributed by atoms with Crippen molar-refractivity contribution in [3.05, 3.63) is 294 Å². The minimum absolute atomic E-state index is 0.329. The van der Waals surface area contributed by atoms with Gasteiger partial charge in [-0.15, -0.1) is 0 Å². The van der Waals surface area contributed by atoms with Crippen LogP contribution in [0, 0.1) is 0 Å². The fourth-order valence-electron chi connectivity index (χ4n) is 11.0. The van der Waals surface area contributed by atoms with Gasteiger partial charge in [0.2, 0.25) is 0 Å². The predicted octanol–water partition coefficient (Wildman–Crippen LogP) is 16.2. The molecule has 0 fully saturated rings. The van der Waals surface area contributed by atoms with Crippen LogP contribution in [-0.4, -0.2) is 0 Å². The molecule has 0 saturated heterocycles. The highest BCUT2D eigenvalue weighted by atomic mass is 15.1. The van der Waals surface area contributed by atoms with E-state index in [9.17, 15) is 0 Å². The van der Waals surface area contributed by atoms with E-state index < -0.39 is 5.41 Å². The maximum absolute atomic E-state index is 2.47. The first-order chi connectivity index (χ1) is 31.6. The molecule has 0 radical (unpaired) electrons. The van der Waals surface area contributed by atoms with E-state index in [1.165, 1.54) is 83.5 Å². The van der Waals surface area contributed by atoms with Crippen molar-refractivity contribution in [1.29, 1.82) is 0 Å². The molecule has 0 heterocycles. The smallest absolute Gasteiger partial charge is 0.0713 e. The molecule has 64 heavy (non-hydrogen) atoms. The average Bonchev–Trinajstić information content (AvgIpc) is 3.82. The third-order valence-corrected chi connectivity index (χ3v) is 14.0. The van der Waals surface area contributed by atoms with Gasteiger partial charge in [-0.3, -0.25) is 0 Å². The Bertz CT molecular complexity index is 3280. The van der Waals surface area contributed by atoms with Gasteiger partial charge >= 0.3 is 0 Å². The SMILES string of the molecule is CC1(c2ccccc2)c2ccccc2-c2ccc(N(c3ccc(-c4cccc(-c5ccccc5)c4)cc3)c3ccc4c(c3)-c3ccccc3C4(c3ccccc3)c3ccccc3)cc21. The van der Waals surface area contributed by atoms with E-state index in [-0.39, 0.29) is 5.41 Å². The average molecular weight is 816 g/mol. The van der Waals surface area contributed by atoms with Crippen LogP contribution in [0.5, 0.6) is 0 Å². The molecule has 0 amide bonds. The van der Waals surface area contributed by atoms with E-state index in [4.69, 9.17) is 0 Å². The van der Waals surface area contributed by atoms with Crippen molar-refractivity contribution in [2.45, 2.75) is 17.8 Å². The molecule has 0 aromatic heterocycles. The van der Waals surface area contributed by atoms with Crippen LogP contribution in [-0.2, 0) is 10.8 Å². The van der Waals surface area contributed by atoms with Gasteiger partial charge in [-0.2, -0.15) is 0 Å². The van der Waals surface area contributed by atoms with Crippen molar-refractivity contribution in [2.75, 3.05) is 4.90 Å². The van der Waals surface area contributed by atoms with Gasteiger partial charge in [0, 0.05) is 22.5 Å². The first kappa shape index (κ1) is 37.7. The van der Waals surface area contributed by atoms with Crippen molar-refractivity contribution in [1.82, 2.24) is 0 Å². The second-order valence-electron chi connectivity index (χ2n) is 17.4. The third-order valence-electron chi connectivity index (χ3n) is 14.0. The number of hydrogen-bond acceptors (Lipinski definition) is 1. The minimum Gasteiger partial charge on any atom is -0.310 e. The summed E-state index contributed by atoms with van der Waals surface area (Å²) < 4.78 is 0. The lowest BCUT2D eigenvalue weighted by Crippen LogP contribution is -2.28. The number of nitrogens with zero attached hydrogens (tertiary/aromatic N) is 1. The molecule has 2 aliphatic rings. The van der Waals surface area contributed by atoms with Crippen molar-refractivity contribution in [3.8, 4) is 44.5 Å². The molecule has 10 aromatic rings. The molecule has 10 aromatic carbocycles. The monoisotopic (exact) mass is 815 g/mol. The Morgan fingerprint density at radius 2 is 0.703 bits per heavy atom. The zero-order valence-electron chi connectivity index (χ0n) is 35.7. The zero-order chi connectivity index (χ0) is 42.7. The summed E-state index contributed by atoms with van der Waals surface area (Å²) in [6, 6.07) is 94.1. The van der Waals surface area contributed by atoms with Crippen LogP contribution >= 0.6 is 0 Å². The fourth-order valence-corrected chi connectivity index (χ4v) is 11.0. The molecule has 0 saturated carbocycles. The highest BCUT2D eigenvalue weighted by Crippen LogP contribution is 2.58. The van der Waals surface area contributed by atoms with Crippen LogP contribution in [0.2, 0.25) is 0 Å². The quantitative estimate of drug-likeness (QED) is 0.148. The van der Waals surface area contributed by atoms with Crippen LogP contribution in [0.15, 0.2) is 255 Å². The van der Waals surface area contributed by atoms with E-state index in [0.29, 0.717) is 0 Å². The van der Waals surface area contributed by atoms with Gasteiger partial charge in [-0.05, 0) is 133 Å². The van der Waals surface area contributed by atoms with E-state index in [1.54, 1.807) is 0 Å². The molecule has 0 N–H and O–H groups in total. The lowest BCUT2D eigenvalue weighted by Gasteiger charge is -2.34. The molecule has 12 rings (SSSR count). The molecule has 1 unspecified atom stereocenters. The first-order valence-electron chi connectivity index (χ1n) is 22.3. The maximum atomic E-state index is 2.47. The minimum atomic E-state index is -0.468. The fraction of sp³-hybridized carbons (Fsp3) is 0.0476. The molecule has 2 aliphatic carbocycles. The molecule has 302 valence electrons. The second-order valence-corrected chi connectivity index (χ2v) is 17.4. The highest BCUT2D eigenvalue weighted by Gasteiger charge is 2.46. The van der Waals surface area contributed by atoms with E-state index in [0.717, 1.165) is 17.1 Å². The number of hydrogen-bond donors (Lipinski definition) is 0. The van der Waals surface area contributed by atoms with Crippen molar-refractivity contribution in [2.24, 2.45) is 0 Å². The summed E-state index contributed by atoms with van der Waals surface area (Å²) in [4.78, 5) is 2.47. The highest BCUT2D eigenvalue weighted by molar-refractivity contribution is 5.92. The Labute approximate surface area is 376 Å². The Hall–Kier alpha value is -8.00. The predicted molar refractivity (Wildman–Crippen MR) is 267 cm³/mol. The Morgan fingerprint density at radius 3 is 1.34 bits per heavy atom. The van der Waals surface area contributed by atoms with Crippen molar-refractivity contribution >= 4 is 17.1 Å². The first-order valence-corrected chi connectivity index (χ1v) is 22.3. The molecule has 0 spiro atoms. The van der Waals surface area contributed by atoms with Crippen LogP contribution in [0.3, 0.4) is 0 Å². The standard InChI is InChI=1S/C63H45N/c1-62(48-23-8-3-9-24-48)58-31-16-14-29-54(58)56-39-37-53(43-61(56)62)64(51-35-33-45(34-36-51)47-22-18-21-46(41-47)44-19-6-2-7-20-44)52-38-40-60-57(42-52)55-30-15-17-32-59(55)63(60,49-25-10-4-11-26-49)50-27-12-5-13-28-50/h2-43H,1H3. The molecule has 0 aliphatic heterocycles. The van der Waals surface area contributed by atoms with Gasteiger partial charge in [-0.25, -0.2) is 0 Å². The van der Waals surface area contributed by atoms with Gasteiger partial charge in [0.15, 0.2) is 0 Å².